The molecule has 1 aromatic rings. The molecule has 0 spiro atoms. The fourth-order valence-electron chi connectivity index (χ4n) is 1.14. The first-order valence-corrected chi connectivity index (χ1v) is 4.88. The summed E-state index contributed by atoms with van der Waals surface area (Å²) in [6.07, 6.45) is 1.01. The van der Waals surface area contributed by atoms with Crippen LogP contribution in [0.4, 0.5) is 0 Å². The quantitative estimate of drug-likeness (QED) is 0.752. The van der Waals surface area contributed by atoms with E-state index in [1.807, 2.05) is 6.07 Å². The van der Waals surface area contributed by atoms with Crippen LogP contribution in [0.15, 0.2) is 24.3 Å². The first-order valence-electron chi connectivity index (χ1n) is 4.88. The van der Waals surface area contributed by atoms with E-state index in [2.05, 4.69) is 6.92 Å². The number of aromatic hydroxyl groups is 1. The molecule has 0 amide bonds. The van der Waals surface area contributed by atoms with Gasteiger partial charge in [0.1, 0.15) is 11.5 Å². The van der Waals surface area contributed by atoms with Gasteiger partial charge < -0.3 is 15.6 Å². The van der Waals surface area contributed by atoms with E-state index in [1.165, 1.54) is 0 Å². The third kappa shape index (κ3) is 3.26. The Balaban J connectivity index is 2.44. The van der Waals surface area contributed by atoms with Crippen molar-refractivity contribution >= 4 is 0 Å². The number of nitrogens with two attached hydrogens (primary N) is 1. The van der Waals surface area contributed by atoms with Gasteiger partial charge in [0, 0.05) is 12.0 Å². The number of phenolic OH excluding ortho intramolecular Hbond substituents is 1. The summed E-state index contributed by atoms with van der Waals surface area (Å²) in [7, 11) is 0. The van der Waals surface area contributed by atoms with E-state index in [4.69, 9.17) is 10.5 Å². The van der Waals surface area contributed by atoms with Gasteiger partial charge in [-0.3, -0.25) is 0 Å². The van der Waals surface area contributed by atoms with Gasteiger partial charge in [0.2, 0.25) is 0 Å². The van der Waals surface area contributed by atoms with Gasteiger partial charge in [-0.15, -0.1) is 0 Å². The molecule has 1 rings (SSSR count). The average molecular weight is 195 g/mol. The van der Waals surface area contributed by atoms with Crippen LogP contribution in [0.25, 0.3) is 0 Å². The van der Waals surface area contributed by atoms with E-state index in [1.54, 1.807) is 18.2 Å². The highest BCUT2D eigenvalue weighted by Gasteiger charge is 2.04. The number of ether oxygens (including phenoxy) is 1. The molecule has 1 unspecified atom stereocenters. The maximum Gasteiger partial charge on any atom is 0.122 e. The maximum absolute atomic E-state index is 9.19. The molecule has 0 aliphatic heterocycles. The summed E-state index contributed by atoms with van der Waals surface area (Å²) in [5.41, 5.74) is 5.55. The molecular formula is C11H17NO2. The van der Waals surface area contributed by atoms with E-state index in [0.717, 1.165) is 6.42 Å². The Labute approximate surface area is 84.5 Å². The second-order valence-corrected chi connectivity index (χ2v) is 3.32. The summed E-state index contributed by atoms with van der Waals surface area (Å²) in [4.78, 5) is 0. The van der Waals surface area contributed by atoms with Crippen molar-refractivity contribution in [2.75, 3.05) is 13.2 Å². The van der Waals surface area contributed by atoms with Crippen LogP contribution >= 0.6 is 0 Å². The summed E-state index contributed by atoms with van der Waals surface area (Å²) in [6, 6.07) is 6.80. The second kappa shape index (κ2) is 5.50. The van der Waals surface area contributed by atoms with Crippen molar-refractivity contribution in [2.24, 2.45) is 11.7 Å². The van der Waals surface area contributed by atoms with Crippen molar-refractivity contribution in [1.82, 2.24) is 0 Å². The minimum absolute atomic E-state index is 0.225. The zero-order chi connectivity index (χ0) is 10.4. The van der Waals surface area contributed by atoms with Gasteiger partial charge in [-0.25, -0.2) is 0 Å². The number of hydrogen-bond donors (Lipinski definition) is 2. The summed E-state index contributed by atoms with van der Waals surface area (Å²) >= 11 is 0. The van der Waals surface area contributed by atoms with Gasteiger partial charge in [-0.1, -0.05) is 13.0 Å². The lowest BCUT2D eigenvalue weighted by Crippen LogP contribution is -2.20. The lowest BCUT2D eigenvalue weighted by molar-refractivity contribution is 0.248. The maximum atomic E-state index is 9.19. The minimum atomic E-state index is 0.225. The van der Waals surface area contributed by atoms with Gasteiger partial charge in [-0.05, 0) is 25.1 Å². The number of phenols is 1. The van der Waals surface area contributed by atoms with Crippen LogP contribution < -0.4 is 10.5 Å². The largest absolute Gasteiger partial charge is 0.508 e. The predicted molar refractivity (Wildman–Crippen MR) is 56.4 cm³/mol. The van der Waals surface area contributed by atoms with Crippen LogP contribution in [0, 0.1) is 5.92 Å². The molecule has 0 bridgehead atoms. The monoisotopic (exact) mass is 195 g/mol. The van der Waals surface area contributed by atoms with Crippen molar-refractivity contribution in [1.29, 1.82) is 0 Å². The standard InChI is InChI=1S/C11H17NO2/c1-2-9(7-12)8-14-11-5-3-4-10(13)6-11/h3-6,9,13H,2,7-8,12H2,1H3. The van der Waals surface area contributed by atoms with Crippen LogP contribution in [0.5, 0.6) is 11.5 Å². The van der Waals surface area contributed by atoms with E-state index >= 15 is 0 Å². The molecule has 1 atom stereocenters. The van der Waals surface area contributed by atoms with Crippen LogP contribution in [0.3, 0.4) is 0 Å². The van der Waals surface area contributed by atoms with Gasteiger partial charge in [0.05, 0.1) is 6.61 Å². The van der Waals surface area contributed by atoms with Crippen molar-refractivity contribution in [3.05, 3.63) is 24.3 Å². The number of rotatable bonds is 5. The van der Waals surface area contributed by atoms with E-state index in [9.17, 15) is 5.11 Å². The molecule has 0 heterocycles. The second-order valence-electron chi connectivity index (χ2n) is 3.32. The molecule has 3 heteroatoms. The van der Waals surface area contributed by atoms with Crippen molar-refractivity contribution in [3.8, 4) is 11.5 Å². The zero-order valence-corrected chi connectivity index (χ0v) is 8.44. The van der Waals surface area contributed by atoms with Crippen LogP contribution in [0.1, 0.15) is 13.3 Å². The lowest BCUT2D eigenvalue weighted by Gasteiger charge is -2.13. The Morgan fingerprint density at radius 1 is 1.50 bits per heavy atom. The normalized spacial score (nSPS) is 12.4. The third-order valence-corrected chi connectivity index (χ3v) is 2.21. The Hall–Kier alpha value is -1.22. The Morgan fingerprint density at radius 2 is 2.29 bits per heavy atom. The third-order valence-electron chi connectivity index (χ3n) is 2.21. The van der Waals surface area contributed by atoms with Crippen molar-refractivity contribution in [3.63, 3.8) is 0 Å². The Bertz CT molecular complexity index is 272. The number of hydrogen-bond acceptors (Lipinski definition) is 3. The van der Waals surface area contributed by atoms with Crippen LogP contribution in [0.2, 0.25) is 0 Å². The lowest BCUT2D eigenvalue weighted by atomic mass is 10.1. The molecule has 0 saturated heterocycles. The van der Waals surface area contributed by atoms with E-state index in [0.29, 0.717) is 24.8 Å². The molecule has 14 heavy (non-hydrogen) atoms. The molecule has 0 aliphatic rings. The van der Waals surface area contributed by atoms with Gasteiger partial charge >= 0.3 is 0 Å². The van der Waals surface area contributed by atoms with Gasteiger partial charge in [0.25, 0.3) is 0 Å². The number of benzene rings is 1. The molecular weight excluding hydrogens is 178 g/mol. The first kappa shape index (κ1) is 10.9. The predicted octanol–water partition coefficient (Wildman–Crippen LogP) is 1.76. The highest BCUT2D eigenvalue weighted by atomic mass is 16.5. The average Bonchev–Trinajstić information content (AvgIpc) is 2.19. The fraction of sp³-hybridized carbons (Fsp3) is 0.455. The molecule has 0 aliphatic carbocycles. The smallest absolute Gasteiger partial charge is 0.122 e. The van der Waals surface area contributed by atoms with Crippen LogP contribution in [-0.4, -0.2) is 18.3 Å². The molecule has 1 aromatic carbocycles. The molecule has 3 nitrogen and oxygen atoms in total. The van der Waals surface area contributed by atoms with Gasteiger partial charge in [-0.2, -0.15) is 0 Å². The highest BCUT2D eigenvalue weighted by Crippen LogP contribution is 2.18. The summed E-state index contributed by atoms with van der Waals surface area (Å²) in [5, 5.41) is 9.19. The molecule has 0 aromatic heterocycles. The van der Waals surface area contributed by atoms with Gasteiger partial charge in [0.15, 0.2) is 0 Å². The van der Waals surface area contributed by atoms with Crippen LogP contribution in [-0.2, 0) is 0 Å². The molecule has 0 saturated carbocycles. The van der Waals surface area contributed by atoms with Crippen molar-refractivity contribution in [2.45, 2.75) is 13.3 Å². The molecule has 0 radical (unpaired) electrons. The summed E-state index contributed by atoms with van der Waals surface area (Å²) in [6.45, 7) is 3.33. The fourth-order valence-corrected chi connectivity index (χ4v) is 1.14. The topological polar surface area (TPSA) is 55.5 Å². The first-order chi connectivity index (χ1) is 6.76. The Morgan fingerprint density at radius 3 is 2.86 bits per heavy atom. The molecule has 0 fully saturated rings. The SMILES string of the molecule is CCC(CN)COc1cccc(O)c1. The highest BCUT2D eigenvalue weighted by molar-refractivity contribution is 5.31. The summed E-state index contributed by atoms with van der Waals surface area (Å²) < 4.78 is 5.49. The van der Waals surface area contributed by atoms with E-state index in [-0.39, 0.29) is 5.75 Å². The Kier molecular flexibility index (Phi) is 4.26. The zero-order valence-electron chi connectivity index (χ0n) is 8.44. The molecule has 78 valence electrons. The van der Waals surface area contributed by atoms with Crippen molar-refractivity contribution < 1.29 is 9.84 Å². The minimum Gasteiger partial charge on any atom is -0.508 e. The summed E-state index contributed by atoms with van der Waals surface area (Å²) in [5.74, 6) is 1.30. The van der Waals surface area contributed by atoms with E-state index < -0.39 is 0 Å². The molecule has 3 N–H and O–H groups in total.